The van der Waals surface area contributed by atoms with Crippen molar-refractivity contribution in [2.45, 2.75) is 32.2 Å². The third-order valence-electron chi connectivity index (χ3n) is 5.19. The lowest BCUT2D eigenvalue weighted by Gasteiger charge is -2.26. The molecule has 2 aromatic carbocycles. The molecule has 7 heteroatoms. The Bertz CT molecular complexity index is 1080. The van der Waals surface area contributed by atoms with Gasteiger partial charge >= 0.3 is 0 Å². The SMILES string of the molecule is O=C(CCCC(=O)c1ccccc1)Nc1nc2c(s1)CN(C(=O)c1ccccc1)CC2. The quantitative estimate of drug-likeness (QED) is 0.563. The zero-order valence-corrected chi connectivity index (χ0v) is 17.9. The maximum absolute atomic E-state index is 12.7. The van der Waals surface area contributed by atoms with Crippen molar-refractivity contribution >= 4 is 34.1 Å². The summed E-state index contributed by atoms with van der Waals surface area (Å²) in [4.78, 5) is 44.4. The molecule has 6 nitrogen and oxygen atoms in total. The van der Waals surface area contributed by atoms with Gasteiger partial charge in [-0.05, 0) is 18.6 Å². The lowest BCUT2D eigenvalue weighted by atomic mass is 10.1. The van der Waals surface area contributed by atoms with Gasteiger partial charge in [-0.15, -0.1) is 0 Å². The summed E-state index contributed by atoms with van der Waals surface area (Å²) < 4.78 is 0. The van der Waals surface area contributed by atoms with E-state index in [0.29, 0.717) is 48.6 Å². The number of amides is 2. The number of hydrogen-bond acceptors (Lipinski definition) is 5. The van der Waals surface area contributed by atoms with Crippen molar-refractivity contribution in [3.05, 3.63) is 82.4 Å². The smallest absolute Gasteiger partial charge is 0.254 e. The number of carbonyl (C=O) groups is 3. The third kappa shape index (κ3) is 5.24. The van der Waals surface area contributed by atoms with Crippen molar-refractivity contribution in [3.63, 3.8) is 0 Å². The largest absolute Gasteiger partial charge is 0.333 e. The van der Waals surface area contributed by atoms with E-state index in [9.17, 15) is 14.4 Å². The van der Waals surface area contributed by atoms with Crippen molar-refractivity contribution in [2.24, 2.45) is 0 Å². The van der Waals surface area contributed by atoms with E-state index in [0.717, 1.165) is 10.6 Å². The van der Waals surface area contributed by atoms with Gasteiger partial charge in [-0.3, -0.25) is 14.4 Å². The molecule has 2 heterocycles. The molecule has 0 aliphatic carbocycles. The van der Waals surface area contributed by atoms with E-state index in [1.54, 1.807) is 12.1 Å². The fourth-order valence-corrected chi connectivity index (χ4v) is 4.59. The number of ketones is 1. The number of fused-ring (bicyclic) bond motifs is 1. The van der Waals surface area contributed by atoms with Crippen LogP contribution in [0.4, 0.5) is 5.13 Å². The number of rotatable bonds is 7. The molecular weight excluding hydrogens is 410 g/mol. The molecule has 1 aliphatic rings. The van der Waals surface area contributed by atoms with Crippen molar-refractivity contribution in [1.82, 2.24) is 9.88 Å². The van der Waals surface area contributed by atoms with Gasteiger partial charge < -0.3 is 10.2 Å². The predicted octanol–water partition coefficient (Wildman–Crippen LogP) is 4.33. The average Bonchev–Trinajstić information content (AvgIpc) is 3.21. The van der Waals surface area contributed by atoms with Crippen LogP contribution < -0.4 is 5.32 Å². The van der Waals surface area contributed by atoms with Gasteiger partial charge in [0.15, 0.2) is 10.9 Å². The molecule has 0 fully saturated rings. The fraction of sp³-hybridized carbons (Fsp3) is 0.250. The number of thiazole rings is 1. The highest BCUT2D eigenvalue weighted by atomic mass is 32.1. The van der Waals surface area contributed by atoms with E-state index in [2.05, 4.69) is 10.3 Å². The number of benzene rings is 2. The zero-order valence-electron chi connectivity index (χ0n) is 17.0. The summed E-state index contributed by atoms with van der Waals surface area (Å²) in [5.41, 5.74) is 2.29. The predicted molar refractivity (Wildman–Crippen MR) is 120 cm³/mol. The molecule has 1 aliphatic heterocycles. The minimum absolute atomic E-state index is 0.00770. The first kappa shape index (κ1) is 20.9. The van der Waals surface area contributed by atoms with Crippen LogP contribution in [0.25, 0.3) is 0 Å². The minimum atomic E-state index is -0.149. The van der Waals surface area contributed by atoms with Gasteiger partial charge in [0.2, 0.25) is 5.91 Å². The molecule has 2 amide bonds. The number of aromatic nitrogens is 1. The van der Waals surface area contributed by atoms with Crippen LogP contribution in [0.2, 0.25) is 0 Å². The van der Waals surface area contributed by atoms with Crippen LogP contribution in [-0.2, 0) is 17.8 Å². The molecule has 0 saturated heterocycles. The first-order valence-corrected chi connectivity index (χ1v) is 11.1. The average molecular weight is 434 g/mol. The van der Waals surface area contributed by atoms with Crippen LogP contribution in [0.3, 0.4) is 0 Å². The Morgan fingerprint density at radius 2 is 1.61 bits per heavy atom. The van der Waals surface area contributed by atoms with Gasteiger partial charge in [-0.1, -0.05) is 59.9 Å². The Labute approximate surface area is 184 Å². The summed E-state index contributed by atoms with van der Waals surface area (Å²) in [6, 6.07) is 18.3. The van der Waals surface area contributed by atoms with E-state index in [-0.39, 0.29) is 24.0 Å². The maximum atomic E-state index is 12.7. The fourth-order valence-electron chi connectivity index (χ4n) is 3.55. The molecule has 0 unspecified atom stereocenters. The first-order chi connectivity index (χ1) is 15.1. The van der Waals surface area contributed by atoms with Crippen LogP contribution in [-0.4, -0.2) is 34.0 Å². The number of nitrogens with one attached hydrogen (secondary N) is 1. The van der Waals surface area contributed by atoms with Gasteiger partial charge in [0, 0.05) is 41.8 Å². The molecule has 31 heavy (non-hydrogen) atoms. The molecule has 0 spiro atoms. The molecule has 4 rings (SSSR count). The van der Waals surface area contributed by atoms with Crippen LogP contribution in [0, 0.1) is 0 Å². The molecule has 0 bridgehead atoms. The number of Topliss-reactive ketones (excluding diaryl/α,β-unsaturated/α-hetero) is 1. The standard InChI is InChI=1S/C24H23N3O3S/c28-20(17-8-3-1-4-9-17)12-7-13-22(29)26-24-25-19-14-15-27(16-21(19)31-24)23(30)18-10-5-2-6-11-18/h1-6,8-11H,7,12-16H2,(H,25,26,29). The summed E-state index contributed by atoms with van der Waals surface area (Å²) in [6.07, 6.45) is 1.76. The van der Waals surface area contributed by atoms with E-state index >= 15 is 0 Å². The Balaban J connectivity index is 1.28. The van der Waals surface area contributed by atoms with E-state index in [1.807, 2.05) is 53.4 Å². The van der Waals surface area contributed by atoms with Crippen LogP contribution >= 0.6 is 11.3 Å². The summed E-state index contributed by atoms with van der Waals surface area (Å²) >= 11 is 1.41. The van der Waals surface area contributed by atoms with E-state index in [4.69, 9.17) is 0 Å². The monoisotopic (exact) mass is 433 g/mol. The Morgan fingerprint density at radius 3 is 2.32 bits per heavy atom. The highest BCUT2D eigenvalue weighted by molar-refractivity contribution is 7.15. The summed E-state index contributed by atoms with van der Waals surface area (Å²) in [6.45, 7) is 1.11. The second-order valence-electron chi connectivity index (χ2n) is 7.42. The number of hydrogen-bond donors (Lipinski definition) is 1. The number of carbonyl (C=O) groups excluding carboxylic acids is 3. The second-order valence-corrected chi connectivity index (χ2v) is 8.51. The summed E-state index contributed by atoms with van der Waals surface area (Å²) in [5, 5.41) is 3.40. The normalized spacial score (nSPS) is 12.8. The maximum Gasteiger partial charge on any atom is 0.254 e. The van der Waals surface area contributed by atoms with Crippen molar-refractivity contribution in [1.29, 1.82) is 0 Å². The van der Waals surface area contributed by atoms with Crippen LogP contribution in [0.1, 0.15) is 50.5 Å². The Hall–Kier alpha value is -3.32. The molecule has 0 atom stereocenters. The highest BCUT2D eigenvalue weighted by Crippen LogP contribution is 2.29. The Morgan fingerprint density at radius 1 is 0.935 bits per heavy atom. The molecule has 0 saturated carbocycles. The third-order valence-corrected chi connectivity index (χ3v) is 6.19. The number of anilines is 1. The summed E-state index contributed by atoms with van der Waals surface area (Å²) in [7, 11) is 0. The van der Waals surface area contributed by atoms with Gasteiger partial charge in [-0.25, -0.2) is 4.98 Å². The van der Waals surface area contributed by atoms with Crippen molar-refractivity contribution in [3.8, 4) is 0 Å². The van der Waals surface area contributed by atoms with Crippen LogP contribution in [0.5, 0.6) is 0 Å². The molecule has 1 aromatic heterocycles. The first-order valence-electron chi connectivity index (χ1n) is 10.3. The molecule has 0 radical (unpaired) electrons. The van der Waals surface area contributed by atoms with E-state index < -0.39 is 0 Å². The van der Waals surface area contributed by atoms with Crippen molar-refractivity contribution in [2.75, 3.05) is 11.9 Å². The van der Waals surface area contributed by atoms with Gasteiger partial charge in [0.05, 0.1) is 12.2 Å². The highest BCUT2D eigenvalue weighted by Gasteiger charge is 2.25. The van der Waals surface area contributed by atoms with Gasteiger partial charge in [-0.2, -0.15) is 0 Å². The van der Waals surface area contributed by atoms with Crippen molar-refractivity contribution < 1.29 is 14.4 Å². The molecule has 1 N–H and O–H groups in total. The minimum Gasteiger partial charge on any atom is -0.333 e. The molecule has 3 aromatic rings. The number of nitrogens with zero attached hydrogens (tertiary/aromatic N) is 2. The van der Waals surface area contributed by atoms with Gasteiger partial charge in [0.25, 0.3) is 5.91 Å². The lowest BCUT2D eigenvalue weighted by Crippen LogP contribution is -2.35. The topological polar surface area (TPSA) is 79.4 Å². The Kier molecular flexibility index (Phi) is 6.52. The summed E-state index contributed by atoms with van der Waals surface area (Å²) in [5.74, 6) is -0.0983. The second kappa shape index (κ2) is 9.66. The lowest BCUT2D eigenvalue weighted by molar-refractivity contribution is -0.116. The zero-order chi connectivity index (χ0) is 21.6. The van der Waals surface area contributed by atoms with Crippen LogP contribution in [0.15, 0.2) is 60.7 Å². The van der Waals surface area contributed by atoms with Gasteiger partial charge in [0.1, 0.15) is 0 Å². The molecular formula is C24H23N3O3S. The van der Waals surface area contributed by atoms with E-state index in [1.165, 1.54) is 11.3 Å². The molecule has 158 valence electrons.